The number of amides is 2. The highest BCUT2D eigenvalue weighted by molar-refractivity contribution is 6.01. The van der Waals surface area contributed by atoms with Crippen molar-refractivity contribution < 1.29 is 9.59 Å². The lowest BCUT2D eigenvalue weighted by atomic mass is 9.46. The van der Waals surface area contributed by atoms with Crippen molar-refractivity contribution in [2.45, 2.75) is 38.5 Å². The van der Waals surface area contributed by atoms with Crippen LogP contribution in [0.3, 0.4) is 0 Å². The lowest BCUT2D eigenvalue weighted by Crippen LogP contribution is -2.61. The molecule has 6 fully saturated rings. The Morgan fingerprint density at radius 1 is 0.655 bits per heavy atom. The zero-order chi connectivity index (χ0) is 20.2. The first kappa shape index (κ1) is 19.8. The second kappa shape index (κ2) is 7.52. The van der Waals surface area contributed by atoms with Crippen LogP contribution in [0.5, 0.6) is 0 Å². The summed E-state index contributed by atoms with van der Waals surface area (Å²) in [6.45, 7) is 6.76. The topological polar surface area (TPSA) is 47.1 Å². The van der Waals surface area contributed by atoms with E-state index in [1.165, 1.54) is 19.3 Å². The molecule has 4 saturated carbocycles. The summed E-state index contributed by atoms with van der Waals surface area (Å²) in [5.74, 6) is 2.15. The lowest BCUT2D eigenvalue weighted by molar-refractivity contribution is -0.167. The van der Waals surface area contributed by atoms with E-state index in [2.05, 4.69) is 23.9 Å². The lowest BCUT2D eigenvalue weighted by Gasteiger charge is -2.59. The Labute approximate surface area is 175 Å². The molecule has 0 aromatic heterocycles. The van der Waals surface area contributed by atoms with Gasteiger partial charge in [-0.25, -0.2) is 0 Å². The van der Waals surface area contributed by atoms with Crippen molar-refractivity contribution in [2.24, 2.45) is 29.1 Å². The van der Waals surface area contributed by atoms with E-state index in [1.54, 1.807) is 0 Å². The molecule has 2 heterocycles. The molecule has 0 aromatic rings. The Balaban J connectivity index is 1.43. The third kappa shape index (κ3) is 3.60. The normalized spacial score (nSPS) is 38.1. The number of nitrogens with zero attached hydrogens (tertiary/aromatic N) is 4. The Bertz CT molecular complexity index is 580. The van der Waals surface area contributed by atoms with Gasteiger partial charge in [0.1, 0.15) is 5.92 Å². The van der Waals surface area contributed by atoms with Gasteiger partial charge in [0.2, 0.25) is 11.8 Å². The molecule has 0 unspecified atom stereocenters. The molecule has 6 heteroatoms. The molecule has 0 aromatic carbocycles. The molecule has 4 bridgehead atoms. The van der Waals surface area contributed by atoms with E-state index >= 15 is 0 Å². The molecule has 29 heavy (non-hydrogen) atoms. The molecule has 2 aliphatic heterocycles. The summed E-state index contributed by atoms with van der Waals surface area (Å²) < 4.78 is 0. The second-order valence-corrected chi connectivity index (χ2v) is 11.0. The van der Waals surface area contributed by atoms with Gasteiger partial charge >= 0.3 is 0 Å². The fraction of sp³-hybridized carbons (Fsp3) is 0.913. The number of likely N-dealkylation sites (N-methyl/N-ethyl adjacent to an activating group) is 2. The van der Waals surface area contributed by atoms with Crippen LogP contribution in [0.2, 0.25) is 0 Å². The van der Waals surface area contributed by atoms with E-state index < -0.39 is 5.92 Å². The van der Waals surface area contributed by atoms with Gasteiger partial charge in [0.15, 0.2) is 0 Å². The van der Waals surface area contributed by atoms with Crippen LogP contribution in [0.25, 0.3) is 0 Å². The largest absolute Gasteiger partial charge is 0.339 e. The Hall–Kier alpha value is -1.14. The molecule has 2 saturated heterocycles. The maximum atomic E-state index is 13.9. The molecule has 162 valence electrons. The van der Waals surface area contributed by atoms with Crippen LogP contribution in [0.15, 0.2) is 0 Å². The quantitative estimate of drug-likeness (QED) is 0.669. The van der Waals surface area contributed by atoms with Gasteiger partial charge in [0, 0.05) is 52.4 Å². The van der Waals surface area contributed by atoms with Crippen molar-refractivity contribution in [3.63, 3.8) is 0 Å². The minimum absolute atomic E-state index is 0.0599. The molecule has 0 atom stereocenters. The summed E-state index contributed by atoms with van der Waals surface area (Å²) in [5.41, 5.74) is -0.0599. The van der Waals surface area contributed by atoms with Crippen LogP contribution in [0, 0.1) is 29.1 Å². The fourth-order valence-electron chi connectivity index (χ4n) is 7.58. The zero-order valence-corrected chi connectivity index (χ0v) is 18.3. The molecule has 6 nitrogen and oxygen atoms in total. The van der Waals surface area contributed by atoms with Crippen LogP contribution >= 0.6 is 0 Å². The molecule has 0 spiro atoms. The summed E-state index contributed by atoms with van der Waals surface area (Å²) in [6.07, 6.45) is 7.38. The zero-order valence-electron chi connectivity index (χ0n) is 18.3. The van der Waals surface area contributed by atoms with Crippen LogP contribution in [-0.4, -0.2) is 97.9 Å². The number of hydrogen-bond acceptors (Lipinski definition) is 4. The standard InChI is InChI=1S/C23H38N4O2/c1-24-3-7-26(8-4-24)21(28)20(22(29)27-9-5-25(2)6-10-27)23-14-17-11-18(15-23)13-19(12-17)16-23/h17-20H,3-16H2,1-2H3. The predicted octanol–water partition coefficient (Wildman–Crippen LogP) is 1.37. The third-order valence-corrected chi connectivity index (χ3v) is 8.82. The van der Waals surface area contributed by atoms with E-state index in [0.717, 1.165) is 89.4 Å². The first-order chi connectivity index (χ1) is 13.9. The number of carbonyl (C=O) groups is 2. The highest BCUT2D eigenvalue weighted by Gasteiger charge is 2.59. The highest BCUT2D eigenvalue weighted by atomic mass is 16.2. The van der Waals surface area contributed by atoms with Crippen molar-refractivity contribution in [2.75, 3.05) is 66.5 Å². The first-order valence-corrected chi connectivity index (χ1v) is 11.9. The second-order valence-electron chi connectivity index (χ2n) is 11.0. The van der Waals surface area contributed by atoms with E-state index in [4.69, 9.17) is 0 Å². The molecule has 0 radical (unpaired) electrons. The van der Waals surface area contributed by atoms with Crippen molar-refractivity contribution in [1.82, 2.24) is 19.6 Å². The summed E-state index contributed by atoms with van der Waals surface area (Å²) in [7, 11) is 4.24. The van der Waals surface area contributed by atoms with Gasteiger partial charge in [-0.2, -0.15) is 0 Å². The first-order valence-electron chi connectivity index (χ1n) is 11.9. The van der Waals surface area contributed by atoms with Crippen molar-refractivity contribution in [3.8, 4) is 0 Å². The van der Waals surface area contributed by atoms with Crippen LogP contribution < -0.4 is 0 Å². The smallest absolute Gasteiger partial charge is 0.235 e. The molecule has 6 rings (SSSR count). The Morgan fingerprint density at radius 2 is 1.00 bits per heavy atom. The predicted molar refractivity (Wildman–Crippen MR) is 112 cm³/mol. The average molecular weight is 403 g/mol. The van der Waals surface area contributed by atoms with E-state index in [1.807, 2.05) is 9.80 Å². The van der Waals surface area contributed by atoms with Gasteiger partial charge in [-0.05, 0) is 75.8 Å². The number of piperazine rings is 2. The average Bonchev–Trinajstić information content (AvgIpc) is 2.68. The van der Waals surface area contributed by atoms with E-state index in [-0.39, 0.29) is 17.2 Å². The maximum absolute atomic E-state index is 13.9. The summed E-state index contributed by atoms with van der Waals surface area (Å²) >= 11 is 0. The van der Waals surface area contributed by atoms with Crippen LogP contribution in [0.1, 0.15) is 38.5 Å². The maximum Gasteiger partial charge on any atom is 0.235 e. The Kier molecular flexibility index (Phi) is 5.14. The van der Waals surface area contributed by atoms with Gasteiger partial charge in [0.05, 0.1) is 0 Å². The van der Waals surface area contributed by atoms with Crippen LogP contribution in [-0.2, 0) is 9.59 Å². The van der Waals surface area contributed by atoms with Gasteiger partial charge < -0.3 is 19.6 Å². The molecule has 4 aliphatic carbocycles. The van der Waals surface area contributed by atoms with Gasteiger partial charge in [-0.1, -0.05) is 0 Å². The molecular weight excluding hydrogens is 364 g/mol. The minimum atomic E-state index is -0.428. The number of hydrogen-bond donors (Lipinski definition) is 0. The SMILES string of the molecule is CN1CCN(C(=O)C(C(=O)N2CCN(C)CC2)C23CC4CC(CC(C4)C2)C3)CC1. The molecule has 0 N–H and O–H groups in total. The summed E-state index contributed by atoms with van der Waals surface area (Å²) in [6, 6.07) is 0. The molecule has 6 aliphatic rings. The Morgan fingerprint density at radius 3 is 1.34 bits per heavy atom. The van der Waals surface area contributed by atoms with Gasteiger partial charge in [-0.3, -0.25) is 9.59 Å². The van der Waals surface area contributed by atoms with Gasteiger partial charge in [-0.15, -0.1) is 0 Å². The number of rotatable bonds is 3. The van der Waals surface area contributed by atoms with E-state index in [0.29, 0.717) is 0 Å². The van der Waals surface area contributed by atoms with Crippen molar-refractivity contribution in [3.05, 3.63) is 0 Å². The highest BCUT2D eigenvalue weighted by Crippen LogP contribution is 2.63. The number of carbonyl (C=O) groups excluding carboxylic acids is 2. The van der Waals surface area contributed by atoms with Crippen molar-refractivity contribution in [1.29, 1.82) is 0 Å². The molecular formula is C23H38N4O2. The fourth-order valence-corrected chi connectivity index (χ4v) is 7.58. The van der Waals surface area contributed by atoms with Crippen LogP contribution in [0.4, 0.5) is 0 Å². The van der Waals surface area contributed by atoms with Gasteiger partial charge in [0.25, 0.3) is 0 Å². The monoisotopic (exact) mass is 402 g/mol. The minimum Gasteiger partial charge on any atom is -0.339 e. The summed E-state index contributed by atoms with van der Waals surface area (Å²) in [4.78, 5) is 36.5. The molecule has 2 amide bonds. The summed E-state index contributed by atoms with van der Waals surface area (Å²) in [5, 5.41) is 0. The van der Waals surface area contributed by atoms with E-state index in [9.17, 15) is 9.59 Å². The third-order valence-electron chi connectivity index (χ3n) is 8.82. The van der Waals surface area contributed by atoms with Crippen molar-refractivity contribution >= 4 is 11.8 Å².